The Morgan fingerprint density at radius 3 is 2.67 bits per heavy atom. The third-order valence-corrected chi connectivity index (χ3v) is 4.49. The second kappa shape index (κ2) is 6.43. The summed E-state index contributed by atoms with van der Waals surface area (Å²) in [4.78, 5) is 29.8. The predicted molar refractivity (Wildman–Crippen MR) is 90.1 cm³/mol. The van der Waals surface area contributed by atoms with E-state index in [-0.39, 0.29) is 23.3 Å². The molecule has 0 spiro atoms. The smallest absolute Gasteiger partial charge is 0.354 e. The molecular formula is C19H20N2O3. The van der Waals surface area contributed by atoms with Gasteiger partial charge in [-0.2, -0.15) is 0 Å². The van der Waals surface area contributed by atoms with Gasteiger partial charge in [0.05, 0.1) is 6.04 Å². The Balaban J connectivity index is 1.93. The Morgan fingerprint density at radius 2 is 1.92 bits per heavy atom. The summed E-state index contributed by atoms with van der Waals surface area (Å²) >= 11 is 0. The Hall–Kier alpha value is -2.69. The molecule has 0 saturated carbocycles. The lowest BCUT2D eigenvalue weighted by molar-refractivity contribution is 0.0689. The molecule has 1 N–H and O–H groups in total. The first-order valence-electron chi connectivity index (χ1n) is 8.06. The summed E-state index contributed by atoms with van der Waals surface area (Å²) in [6, 6.07) is 10.8. The Kier molecular flexibility index (Phi) is 4.34. The van der Waals surface area contributed by atoms with Crippen LogP contribution in [0, 0.1) is 13.8 Å². The third kappa shape index (κ3) is 3.02. The number of carbonyl (C=O) groups excluding carboxylic acids is 1. The zero-order valence-electron chi connectivity index (χ0n) is 13.8. The number of carbonyl (C=O) groups is 2. The van der Waals surface area contributed by atoms with Crippen molar-refractivity contribution >= 4 is 11.9 Å². The molecule has 2 heterocycles. The van der Waals surface area contributed by atoms with E-state index in [1.807, 2.05) is 11.8 Å². The highest BCUT2D eigenvalue weighted by molar-refractivity contribution is 5.94. The lowest BCUT2D eigenvalue weighted by atomic mass is 9.97. The number of likely N-dealkylation sites (tertiary alicyclic amines) is 1. The van der Waals surface area contributed by atoms with Gasteiger partial charge in [0.25, 0.3) is 5.91 Å². The van der Waals surface area contributed by atoms with Crippen LogP contribution in [0.1, 0.15) is 56.6 Å². The zero-order valence-corrected chi connectivity index (χ0v) is 13.8. The number of rotatable bonds is 3. The average Bonchev–Trinajstić information content (AvgIpc) is 3.05. The molecule has 1 aliphatic rings. The lowest BCUT2D eigenvalue weighted by Gasteiger charge is -2.26. The number of carboxylic acid groups (broad SMARTS) is 1. The van der Waals surface area contributed by atoms with Gasteiger partial charge in [-0.05, 0) is 49.9 Å². The van der Waals surface area contributed by atoms with Crippen LogP contribution in [0.15, 0.2) is 36.4 Å². The van der Waals surface area contributed by atoms with Crippen LogP contribution < -0.4 is 0 Å². The van der Waals surface area contributed by atoms with Crippen LogP contribution in [0.2, 0.25) is 0 Å². The first-order valence-corrected chi connectivity index (χ1v) is 8.06. The van der Waals surface area contributed by atoms with Crippen LogP contribution in [0.5, 0.6) is 0 Å². The summed E-state index contributed by atoms with van der Waals surface area (Å²) in [5, 5.41) is 9.07. The molecule has 0 radical (unpaired) electrons. The highest BCUT2D eigenvalue weighted by Gasteiger charge is 2.32. The third-order valence-electron chi connectivity index (χ3n) is 4.49. The molecule has 124 valence electrons. The minimum absolute atomic E-state index is 0.0210. The van der Waals surface area contributed by atoms with E-state index in [1.54, 1.807) is 12.1 Å². The van der Waals surface area contributed by atoms with E-state index < -0.39 is 5.97 Å². The molecule has 0 aliphatic carbocycles. The van der Waals surface area contributed by atoms with Crippen molar-refractivity contribution in [1.82, 2.24) is 9.88 Å². The van der Waals surface area contributed by atoms with Crippen LogP contribution in [0.25, 0.3) is 0 Å². The van der Waals surface area contributed by atoms with Crippen molar-refractivity contribution in [2.45, 2.75) is 32.7 Å². The van der Waals surface area contributed by atoms with E-state index in [9.17, 15) is 9.59 Å². The molecule has 1 aromatic carbocycles. The van der Waals surface area contributed by atoms with Gasteiger partial charge >= 0.3 is 5.97 Å². The minimum Gasteiger partial charge on any atom is -0.477 e. The van der Waals surface area contributed by atoms with Gasteiger partial charge in [-0.3, -0.25) is 4.79 Å². The molecule has 0 bridgehead atoms. The summed E-state index contributed by atoms with van der Waals surface area (Å²) in [6.07, 6.45) is 1.84. The van der Waals surface area contributed by atoms with Crippen molar-refractivity contribution in [3.05, 3.63) is 64.5 Å². The second-order valence-corrected chi connectivity index (χ2v) is 6.23. The number of hydrogen-bond acceptors (Lipinski definition) is 3. The van der Waals surface area contributed by atoms with Crippen molar-refractivity contribution in [3.63, 3.8) is 0 Å². The van der Waals surface area contributed by atoms with Gasteiger partial charge < -0.3 is 10.0 Å². The number of pyridine rings is 1. The molecular weight excluding hydrogens is 304 g/mol. The topological polar surface area (TPSA) is 70.5 Å². The average molecular weight is 324 g/mol. The van der Waals surface area contributed by atoms with E-state index in [0.29, 0.717) is 6.54 Å². The fourth-order valence-electron chi connectivity index (χ4n) is 3.27. The maximum atomic E-state index is 12.9. The highest BCUT2D eigenvalue weighted by atomic mass is 16.4. The van der Waals surface area contributed by atoms with Crippen molar-refractivity contribution in [2.75, 3.05) is 6.54 Å². The van der Waals surface area contributed by atoms with E-state index in [0.717, 1.165) is 24.0 Å². The maximum absolute atomic E-state index is 12.9. The first-order chi connectivity index (χ1) is 11.5. The van der Waals surface area contributed by atoms with Crippen molar-refractivity contribution in [3.8, 4) is 0 Å². The number of carboxylic acids is 1. The monoisotopic (exact) mass is 324 g/mol. The molecule has 1 aromatic heterocycles. The molecule has 1 atom stereocenters. The molecule has 1 aliphatic heterocycles. The Labute approximate surface area is 140 Å². The molecule has 5 heteroatoms. The van der Waals surface area contributed by atoms with Crippen LogP contribution in [-0.2, 0) is 0 Å². The number of aromatic carboxylic acids is 1. The molecule has 2 aromatic rings. The number of hydrogen-bond donors (Lipinski definition) is 1. The molecule has 3 rings (SSSR count). The minimum atomic E-state index is -1.13. The fourth-order valence-corrected chi connectivity index (χ4v) is 3.27. The summed E-state index contributed by atoms with van der Waals surface area (Å²) in [6.45, 7) is 4.76. The normalized spacial score (nSPS) is 17.1. The van der Waals surface area contributed by atoms with Gasteiger partial charge in [-0.1, -0.05) is 29.8 Å². The number of amides is 1. The maximum Gasteiger partial charge on any atom is 0.354 e. The summed E-state index contributed by atoms with van der Waals surface area (Å²) in [5.74, 6) is -1.33. The van der Waals surface area contributed by atoms with Gasteiger partial charge in [0, 0.05) is 6.54 Å². The van der Waals surface area contributed by atoms with Crippen molar-refractivity contribution in [2.24, 2.45) is 0 Å². The van der Waals surface area contributed by atoms with Crippen molar-refractivity contribution in [1.29, 1.82) is 0 Å². The SMILES string of the molecule is Cc1ccc(C)c(C2CCCN2C(=O)c2cccc(C(=O)O)n2)c1. The lowest BCUT2D eigenvalue weighted by Crippen LogP contribution is -2.31. The van der Waals surface area contributed by atoms with Crippen LogP contribution in [-0.4, -0.2) is 33.4 Å². The molecule has 1 fully saturated rings. The summed E-state index contributed by atoms with van der Waals surface area (Å²) in [5.41, 5.74) is 3.57. The van der Waals surface area contributed by atoms with Crippen molar-refractivity contribution < 1.29 is 14.7 Å². The number of aromatic nitrogens is 1. The zero-order chi connectivity index (χ0) is 17.3. The molecule has 5 nitrogen and oxygen atoms in total. The van der Waals surface area contributed by atoms with E-state index >= 15 is 0 Å². The van der Waals surface area contributed by atoms with Gasteiger partial charge in [-0.25, -0.2) is 9.78 Å². The quantitative estimate of drug-likeness (QED) is 0.939. The number of aryl methyl sites for hydroxylation is 2. The molecule has 1 saturated heterocycles. The van der Waals surface area contributed by atoms with E-state index in [4.69, 9.17) is 5.11 Å². The van der Waals surface area contributed by atoms with E-state index in [1.165, 1.54) is 11.6 Å². The molecule has 24 heavy (non-hydrogen) atoms. The van der Waals surface area contributed by atoms with Crippen LogP contribution in [0.4, 0.5) is 0 Å². The largest absolute Gasteiger partial charge is 0.477 e. The molecule has 1 unspecified atom stereocenters. The Morgan fingerprint density at radius 1 is 1.17 bits per heavy atom. The first kappa shape index (κ1) is 16.2. The van der Waals surface area contributed by atoms with Gasteiger partial charge in [0.2, 0.25) is 0 Å². The van der Waals surface area contributed by atoms with Gasteiger partial charge in [-0.15, -0.1) is 0 Å². The van der Waals surface area contributed by atoms with Gasteiger partial charge in [0.15, 0.2) is 0 Å². The summed E-state index contributed by atoms with van der Waals surface area (Å²) < 4.78 is 0. The highest BCUT2D eigenvalue weighted by Crippen LogP contribution is 2.35. The predicted octanol–water partition coefficient (Wildman–Crippen LogP) is 3.37. The number of benzene rings is 1. The fraction of sp³-hybridized carbons (Fsp3) is 0.316. The summed E-state index contributed by atoms with van der Waals surface area (Å²) in [7, 11) is 0. The van der Waals surface area contributed by atoms with Crippen LogP contribution in [0.3, 0.4) is 0 Å². The van der Waals surface area contributed by atoms with Crippen LogP contribution >= 0.6 is 0 Å². The Bertz CT molecular complexity index is 801. The van der Waals surface area contributed by atoms with E-state index in [2.05, 4.69) is 30.1 Å². The molecule has 1 amide bonds. The second-order valence-electron chi connectivity index (χ2n) is 6.23. The number of nitrogens with zero attached hydrogens (tertiary/aromatic N) is 2. The standard InChI is InChI=1S/C19H20N2O3/c1-12-8-9-13(2)14(11-12)17-7-4-10-21(17)18(22)15-5-3-6-16(20-15)19(23)24/h3,5-6,8-9,11,17H,4,7,10H2,1-2H3,(H,23,24). The van der Waals surface area contributed by atoms with Gasteiger partial charge in [0.1, 0.15) is 11.4 Å².